The summed E-state index contributed by atoms with van der Waals surface area (Å²) in [6, 6.07) is 6.62. The van der Waals surface area contributed by atoms with Gasteiger partial charge in [-0.25, -0.2) is 20.0 Å². The molecular weight excluding hydrogens is 865 g/mol. The highest BCUT2D eigenvalue weighted by Crippen LogP contribution is 2.39. The summed E-state index contributed by atoms with van der Waals surface area (Å²) < 4.78 is 42.4. The minimum absolute atomic E-state index is 0.0345. The van der Waals surface area contributed by atoms with Crippen molar-refractivity contribution in [3.05, 3.63) is 69.8 Å². The van der Waals surface area contributed by atoms with Crippen molar-refractivity contribution in [3.63, 3.8) is 0 Å². The van der Waals surface area contributed by atoms with Crippen molar-refractivity contribution in [2.45, 2.75) is 56.5 Å². The fourth-order valence-electron chi connectivity index (χ4n) is 5.13. The standard InChI is InChI=1S/C32H45F3N20O9/c1-2-10-54(15-9-8-13(55(63)64)11-14(15)32(33,34)35)27(62)26(61)45-16(12-6-4-3-5-7-12)22(57)47-19(51-29(39)40)24(59)49-21(53-31(43)44)25(60)48-20(52-30(41)42)23(58)46-18(17(36)56)50-28(37)38/h3-9,11,16,18-21,27,62H,2,10H2,1H3,(H2,36,56)(H,45,61)(H,46,58)(H,47,57)(H,48,60)(H,49,59)(H4,37,38,50)(H4,39,40,51)(H4,41,42,52)(H4,43,44,53). The first-order valence-electron chi connectivity index (χ1n) is 17.8. The van der Waals surface area contributed by atoms with E-state index in [1.165, 1.54) is 37.3 Å². The number of non-ortho nitro benzene ring substituents is 1. The largest absolute Gasteiger partial charge is 0.418 e. The molecule has 0 aromatic heterocycles. The fourth-order valence-corrected chi connectivity index (χ4v) is 5.13. The van der Waals surface area contributed by atoms with E-state index in [4.69, 9.17) is 51.6 Å². The van der Waals surface area contributed by atoms with Gasteiger partial charge in [0.1, 0.15) is 6.04 Å². The number of nitro groups is 1. The number of alkyl halides is 3. The number of hydrogen-bond donors (Lipinski definition) is 15. The molecule has 2 aromatic rings. The molecule has 0 aliphatic heterocycles. The first-order valence-corrected chi connectivity index (χ1v) is 17.8. The number of primary amides is 1. The number of nitro benzene ring substituents is 1. The summed E-state index contributed by atoms with van der Waals surface area (Å²) in [5.74, 6) is -11.6. The average Bonchev–Trinajstić information content (AvgIpc) is 3.19. The van der Waals surface area contributed by atoms with E-state index in [1.54, 1.807) is 0 Å². The van der Waals surface area contributed by atoms with E-state index in [1.807, 2.05) is 16.0 Å². The summed E-state index contributed by atoms with van der Waals surface area (Å²) in [5, 5.41) is 32.6. The third-order valence-electron chi connectivity index (χ3n) is 7.72. The van der Waals surface area contributed by atoms with Gasteiger partial charge in [0.2, 0.25) is 36.8 Å². The van der Waals surface area contributed by atoms with Crippen LogP contribution >= 0.6 is 0 Å². The lowest BCUT2D eigenvalue weighted by Gasteiger charge is -2.32. The molecule has 29 nitrogen and oxygen atoms in total. The van der Waals surface area contributed by atoms with E-state index < -0.39 is 131 Å². The molecule has 6 atom stereocenters. The van der Waals surface area contributed by atoms with Crippen LogP contribution in [-0.2, 0) is 34.9 Å². The van der Waals surface area contributed by atoms with Crippen molar-refractivity contribution in [2.24, 2.45) is 71.6 Å². The van der Waals surface area contributed by atoms with Crippen LogP contribution in [0.4, 0.5) is 24.5 Å². The topological polar surface area (TPSA) is 513 Å². The maximum absolute atomic E-state index is 14.1. The highest BCUT2D eigenvalue weighted by molar-refractivity contribution is 5.99. The second kappa shape index (κ2) is 22.8. The maximum Gasteiger partial charge on any atom is 0.418 e. The molecule has 32 heteroatoms. The molecule has 348 valence electrons. The Balaban J connectivity index is 2.52. The number of aliphatic hydroxyl groups excluding tert-OH is 1. The first kappa shape index (κ1) is 51.4. The molecule has 0 radical (unpaired) electrons. The van der Waals surface area contributed by atoms with Gasteiger partial charge in [-0.1, -0.05) is 37.3 Å². The summed E-state index contributed by atoms with van der Waals surface area (Å²) >= 11 is 0. The molecule has 0 fully saturated rings. The van der Waals surface area contributed by atoms with Gasteiger partial charge in [0.25, 0.3) is 35.2 Å². The van der Waals surface area contributed by atoms with Gasteiger partial charge in [0, 0.05) is 18.7 Å². The van der Waals surface area contributed by atoms with E-state index in [0.29, 0.717) is 11.0 Å². The van der Waals surface area contributed by atoms with Crippen molar-refractivity contribution >= 4 is 70.7 Å². The molecule has 2 aromatic carbocycles. The number of rotatable bonds is 21. The lowest BCUT2D eigenvalue weighted by molar-refractivity contribution is -0.385. The van der Waals surface area contributed by atoms with E-state index >= 15 is 0 Å². The second-order valence-electron chi connectivity index (χ2n) is 12.6. The zero-order chi connectivity index (χ0) is 48.6. The highest BCUT2D eigenvalue weighted by atomic mass is 19.4. The number of nitrogens with zero attached hydrogens (tertiary/aromatic N) is 6. The Hall–Kier alpha value is -8.71. The number of nitrogens with one attached hydrogen (secondary N) is 5. The van der Waals surface area contributed by atoms with Gasteiger partial charge in [-0.15, -0.1) is 0 Å². The highest BCUT2D eigenvalue weighted by Gasteiger charge is 2.40. The van der Waals surface area contributed by atoms with Crippen molar-refractivity contribution in [1.29, 1.82) is 0 Å². The van der Waals surface area contributed by atoms with Crippen LogP contribution < -0.4 is 83.1 Å². The Morgan fingerprint density at radius 1 is 0.672 bits per heavy atom. The van der Waals surface area contributed by atoms with Crippen molar-refractivity contribution < 1.29 is 52.0 Å². The molecule has 0 bridgehead atoms. The number of hydrogen-bond acceptors (Lipinski definition) is 14. The second-order valence-corrected chi connectivity index (χ2v) is 12.6. The third-order valence-corrected chi connectivity index (χ3v) is 7.72. The molecular formula is C32H45F3N20O9. The summed E-state index contributed by atoms with van der Waals surface area (Å²) in [6.45, 7) is 1.07. The monoisotopic (exact) mass is 910 g/mol. The van der Waals surface area contributed by atoms with E-state index in [-0.39, 0.29) is 18.1 Å². The number of guanidine groups is 4. The van der Waals surface area contributed by atoms with Crippen LogP contribution in [0.3, 0.4) is 0 Å². The third kappa shape index (κ3) is 15.4. The summed E-state index contributed by atoms with van der Waals surface area (Å²) in [7, 11) is 0. The number of carbonyl (C=O) groups is 6. The molecule has 0 spiro atoms. The molecule has 0 aliphatic carbocycles. The minimum Gasteiger partial charge on any atom is -0.370 e. The predicted octanol–water partition coefficient (Wildman–Crippen LogP) is -6.65. The number of amides is 6. The zero-order valence-corrected chi connectivity index (χ0v) is 33.2. The number of halogens is 3. The van der Waals surface area contributed by atoms with Crippen LogP contribution in [0.15, 0.2) is 68.5 Å². The van der Waals surface area contributed by atoms with Crippen LogP contribution in [0.2, 0.25) is 0 Å². The van der Waals surface area contributed by atoms with Crippen LogP contribution in [0.5, 0.6) is 0 Å². The molecule has 24 N–H and O–H groups in total. The average molecular weight is 911 g/mol. The van der Waals surface area contributed by atoms with Crippen molar-refractivity contribution in [1.82, 2.24) is 26.6 Å². The quantitative estimate of drug-likeness (QED) is 0.0182. The Kier molecular flexibility index (Phi) is 18.3. The van der Waals surface area contributed by atoms with Crippen LogP contribution in [0.1, 0.15) is 30.5 Å². The predicted molar refractivity (Wildman–Crippen MR) is 219 cm³/mol. The van der Waals surface area contributed by atoms with Crippen LogP contribution in [-0.4, -0.2) is 107 Å². The lowest BCUT2D eigenvalue weighted by Crippen LogP contribution is -2.58. The molecule has 0 saturated carbocycles. The van der Waals surface area contributed by atoms with Crippen LogP contribution in [0, 0.1) is 10.1 Å². The molecule has 0 heterocycles. The summed E-state index contributed by atoms with van der Waals surface area (Å²) in [5.41, 5.74) is 44.9. The first-order chi connectivity index (χ1) is 29.8. The van der Waals surface area contributed by atoms with Crippen molar-refractivity contribution in [3.8, 4) is 0 Å². The fraction of sp³-hybridized carbons (Fsp3) is 0.312. The Bertz CT molecular complexity index is 2170. The normalized spacial score (nSPS) is 13.6. The Labute approximate surface area is 358 Å². The Morgan fingerprint density at radius 3 is 1.48 bits per heavy atom. The van der Waals surface area contributed by atoms with E-state index in [0.717, 1.165) is 6.07 Å². The number of carbonyl (C=O) groups excluding carboxylic acids is 6. The van der Waals surface area contributed by atoms with Gasteiger partial charge in [-0.2, -0.15) is 13.2 Å². The number of aliphatic hydroxyl groups is 1. The molecule has 2 rings (SSSR count). The number of aliphatic imine (C=N–C) groups is 4. The Morgan fingerprint density at radius 2 is 1.09 bits per heavy atom. The SMILES string of the molecule is CCCN(c1ccc([N+](=O)[O-])cc1C(F)(F)F)C(O)C(=O)NC(C(=O)NC(N=C(N)N)C(=O)NC(N=C(N)N)C(=O)NC(N=C(N)N)C(=O)NC(N=C(N)N)C(N)=O)c1ccccc1. The van der Waals surface area contributed by atoms with E-state index in [2.05, 4.69) is 30.6 Å². The molecule has 6 amide bonds. The minimum atomic E-state index is -5.20. The summed E-state index contributed by atoms with van der Waals surface area (Å²) in [6.07, 6.45) is -16.1. The smallest absolute Gasteiger partial charge is 0.370 e. The zero-order valence-electron chi connectivity index (χ0n) is 33.2. The van der Waals surface area contributed by atoms with E-state index in [9.17, 15) is 57.2 Å². The van der Waals surface area contributed by atoms with Gasteiger partial charge < -0.3 is 88.2 Å². The lowest BCUT2D eigenvalue weighted by atomic mass is 10.1. The van der Waals surface area contributed by atoms with Gasteiger partial charge >= 0.3 is 6.18 Å². The van der Waals surface area contributed by atoms with Crippen LogP contribution in [0.25, 0.3) is 0 Å². The maximum atomic E-state index is 14.1. The number of anilines is 1. The van der Waals surface area contributed by atoms with Gasteiger partial charge in [0.05, 0.1) is 16.2 Å². The number of benzene rings is 2. The van der Waals surface area contributed by atoms with Crippen molar-refractivity contribution in [2.75, 3.05) is 11.4 Å². The number of nitrogens with two attached hydrogens (primary N) is 9. The van der Waals surface area contributed by atoms with Gasteiger partial charge in [-0.3, -0.25) is 38.9 Å². The molecule has 0 saturated heterocycles. The molecule has 64 heavy (non-hydrogen) atoms. The van der Waals surface area contributed by atoms with Gasteiger partial charge in [0.15, 0.2) is 23.8 Å². The summed E-state index contributed by atoms with van der Waals surface area (Å²) in [4.78, 5) is 104. The molecule has 0 aliphatic rings. The molecule has 6 unspecified atom stereocenters. The van der Waals surface area contributed by atoms with Gasteiger partial charge in [-0.05, 0) is 18.1 Å².